The quantitative estimate of drug-likeness (QED) is 0.580. The van der Waals surface area contributed by atoms with Crippen molar-refractivity contribution < 1.29 is 14.7 Å². The van der Waals surface area contributed by atoms with Gasteiger partial charge in [-0.05, 0) is 52.5 Å². The van der Waals surface area contributed by atoms with Crippen LogP contribution in [-0.4, -0.2) is 72.1 Å². The SMILES string of the molecule is Cc1ccc(-c2cc(C(C)C)c3nc(C(=O)N4CCN(C(=O)C5CC(C)(O)C5)CC4(C)C)cn3n2)cc1. The summed E-state index contributed by atoms with van der Waals surface area (Å²) in [5, 5.41) is 14.8. The molecule has 0 bridgehead atoms. The Morgan fingerprint density at radius 2 is 1.76 bits per heavy atom. The van der Waals surface area contributed by atoms with E-state index in [1.807, 2.05) is 23.6 Å². The van der Waals surface area contributed by atoms with Gasteiger partial charge >= 0.3 is 0 Å². The Labute approximate surface area is 218 Å². The van der Waals surface area contributed by atoms with E-state index >= 15 is 0 Å². The van der Waals surface area contributed by atoms with E-state index in [1.165, 1.54) is 5.56 Å². The summed E-state index contributed by atoms with van der Waals surface area (Å²) in [6.45, 7) is 13.4. The molecule has 5 rings (SSSR count). The highest BCUT2D eigenvalue weighted by Crippen LogP contribution is 2.39. The number of aromatic nitrogens is 3. The molecule has 1 aromatic carbocycles. The predicted molar refractivity (Wildman–Crippen MR) is 142 cm³/mol. The number of fused-ring (bicyclic) bond motifs is 1. The third kappa shape index (κ3) is 4.75. The van der Waals surface area contributed by atoms with Crippen LogP contribution in [-0.2, 0) is 4.79 Å². The summed E-state index contributed by atoms with van der Waals surface area (Å²) in [5.74, 6) is 0.00249. The minimum atomic E-state index is -0.737. The van der Waals surface area contributed by atoms with Crippen molar-refractivity contribution >= 4 is 17.5 Å². The Kier molecular flexibility index (Phi) is 6.14. The lowest BCUT2D eigenvalue weighted by Gasteiger charge is -2.49. The van der Waals surface area contributed by atoms with Crippen LogP contribution in [0.15, 0.2) is 36.5 Å². The number of aryl methyl sites for hydroxylation is 1. The van der Waals surface area contributed by atoms with Crippen LogP contribution in [0.5, 0.6) is 0 Å². The van der Waals surface area contributed by atoms with Gasteiger partial charge in [0.25, 0.3) is 5.91 Å². The molecule has 2 aromatic heterocycles. The second kappa shape index (κ2) is 8.94. The summed E-state index contributed by atoms with van der Waals surface area (Å²) in [6, 6.07) is 10.3. The number of carbonyl (C=O) groups excluding carboxylic acids is 2. The summed E-state index contributed by atoms with van der Waals surface area (Å²) in [6.07, 6.45) is 2.73. The van der Waals surface area contributed by atoms with Crippen LogP contribution < -0.4 is 0 Å². The first-order valence-corrected chi connectivity index (χ1v) is 13.2. The van der Waals surface area contributed by atoms with Crippen LogP contribution >= 0.6 is 0 Å². The van der Waals surface area contributed by atoms with E-state index in [-0.39, 0.29) is 23.7 Å². The van der Waals surface area contributed by atoms with Gasteiger partial charge in [-0.25, -0.2) is 9.50 Å². The molecule has 2 fully saturated rings. The molecular formula is C29H37N5O3. The number of benzene rings is 1. The zero-order valence-corrected chi connectivity index (χ0v) is 22.7. The van der Waals surface area contributed by atoms with Gasteiger partial charge < -0.3 is 14.9 Å². The first-order chi connectivity index (χ1) is 17.3. The fourth-order valence-corrected chi connectivity index (χ4v) is 5.69. The molecule has 8 heteroatoms. The van der Waals surface area contributed by atoms with Crippen molar-refractivity contribution in [3.63, 3.8) is 0 Å². The lowest BCUT2D eigenvalue weighted by Crippen LogP contribution is -2.63. The van der Waals surface area contributed by atoms with Crippen molar-refractivity contribution in [3.8, 4) is 11.3 Å². The molecule has 1 saturated heterocycles. The largest absolute Gasteiger partial charge is 0.390 e. The molecule has 1 N–H and O–H groups in total. The van der Waals surface area contributed by atoms with E-state index < -0.39 is 11.1 Å². The Morgan fingerprint density at radius 3 is 2.35 bits per heavy atom. The summed E-state index contributed by atoms with van der Waals surface area (Å²) >= 11 is 0. The molecule has 0 radical (unpaired) electrons. The fraction of sp³-hybridized carbons (Fsp3) is 0.517. The minimum absolute atomic E-state index is 0.0776. The van der Waals surface area contributed by atoms with E-state index in [2.05, 4.69) is 51.1 Å². The van der Waals surface area contributed by atoms with E-state index in [0.717, 1.165) is 16.8 Å². The summed E-state index contributed by atoms with van der Waals surface area (Å²) in [7, 11) is 0. The second-order valence-corrected chi connectivity index (χ2v) is 12.0. The molecule has 37 heavy (non-hydrogen) atoms. The van der Waals surface area contributed by atoms with Gasteiger partial charge in [-0.15, -0.1) is 0 Å². The molecule has 0 atom stereocenters. The highest BCUT2D eigenvalue weighted by atomic mass is 16.3. The van der Waals surface area contributed by atoms with E-state index in [0.29, 0.717) is 43.8 Å². The van der Waals surface area contributed by atoms with Gasteiger partial charge in [0.05, 0.1) is 23.0 Å². The number of imidazole rings is 1. The van der Waals surface area contributed by atoms with Crippen molar-refractivity contribution in [3.05, 3.63) is 53.3 Å². The molecule has 2 aliphatic rings. The van der Waals surface area contributed by atoms with Gasteiger partial charge in [-0.1, -0.05) is 43.7 Å². The Morgan fingerprint density at radius 1 is 1.08 bits per heavy atom. The summed E-state index contributed by atoms with van der Waals surface area (Å²) in [4.78, 5) is 35.1. The van der Waals surface area contributed by atoms with Gasteiger partial charge in [0.15, 0.2) is 5.65 Å². The smallest absolute Gasteiger partial charge is 0.274 e. The monoisotopic (exact) mass is 503 g/mol. The normalized spacial score (nSPS) is 23.4. The Bertz CT molecular complexity index is 1350. The number of aliphatic hydroxyl groups is 1. The third-order valence-corrected chi connectivity index (χ3v) is 7.82. The number of nitrogens with zero attached hydrogens (tertiary/aromatic N) is 5. The van der Waals surface area contributed by atoms with E-state index in [4.69, 9.17) is 10.1 Å². The number of hydrogen-bond acceptors (Lipinski definition) is 5. The molecule has 1 aliphatic heterocycles. The standard InChI is InChI=1S/C29H37N5O3/c1-18(2)22-13-23(20-9-7-19(3)8-10-20)31-34-16-24(30-25(22)34)27(36)33-12-11-32(17-28(33,4)5)26(35)21-14-29(6,37)15-21/h7-10,13,16,18,21,37H,11-12,14-15,17H2,1-6H3. The Hall–Kier alpha value is -3.26. The number of hydrogen-bond donors (Lipinski definition) is 1. The topological polar surface area (TPSA) is 91.0 Å². The zero-order valence-electron chi connectivity index (χ0n) is 22.7. The molecule has 3 aromatic rings. The predicted octanol–water partition coefficient (Wildman–Crippen LogP) is 4.05. The molecule has 196 valence electrons. The summed E-state index contributed by atoms with van der Waals surface area (Å²) < 4.78 is 1.73. The molecular weight excluding hydrogens is 466 g/mol. The zero-order chi connectivity index (χ0) is 26.7. The second-order valence-electron chi connectivity index (χ2n) is 12.0. The Balaban J connectivity index is 1.40. The van der Waals surface area contributed by atoms with Gasteiger partial charge in [0.1, 0.15) is 5.69 Å². The number of amides is 2. The van der Waals surface area contributed by atoms with Crippen LogP contribution in [0.2, 0.25) is 0 Å². The average molecular weight is 504 g/mol. The maximum atomic E-state index is 13.7. The molecule has 0 unspecified atom stereocenters. The van der Waals surface area contributed by atoms with Crippen LogP contribution in [0.1, 0.15) is 75.0 Å². The number of carbonyl (C=O) groups is 2. The number of rotatable bonds is 4. The third-order valence-electron chi connectivity index (χ3n) is 7.82. The van der Waals surface area contributed by atoms with Crippen LogP contribution in [0.25, 0.3) is 16.9 Å². The first-order valence-electron chi connectivity index (χ1n) is 13.2. The average Bonchev–Trinajstić information content (AvgIpc) is 3.25. The van der Waals surface area contributed by atoms with Crippen molar-refractivity contribution in [2.45, 2.75) is 71.4 Å². The fourth-order valence-electron chi connectivity index (χ4n) is 5.69. The molecule has 1 saturated carbocycles. The minimum Gasteiger partial charge on any atom is -0.390 e. The van der Waals surface area contributed by atoms with Gasteiger partial charge in [-0.3, -0.25) is 9.59 Å². The van der Waals surface area contributed by atoms with Gasteiger partial charge in [0, 0.05) is 36.7 Å². The highest BCUT2D eigenvalue weighted by Gasteiger charge is 2.46. The molecule has 3 heterocycles. The maximum Gasteiger partial charge on any atom is 0.274 e. The molecule has 2 amide bonds. The van der Waals surface area contributed by atoms with Crippen LogP contribution in [0.4, 0.5) is 0 Å². The van der Waals surface area contributed by atoms with Crippen molar-refractivity contribution in [1.29, 1.82) is 0 Å². The molecule has 0 spiro atoms. The first kappa shape index (κ1) is 25.4. The van der Waals surface area contributed by atoms with Gasteiger partial charge in [0.2, 0.25) is 5.91 Å². The van der Waals surface area contributed by atoms with Crippen molar-refractivity contribution in [2.24, 2.45) is 5.92 Å². The molecule has 8 nitrogen and oxygen atoms in total. The van der Waals surface area contributed by atoms with Crippen LogP contribution in [0.3, 0.4) is 0 Å². The van der Waals surface area contributed by atoms with E-state index in [1.54, 1.807) is 17.6 Å². The molecule has 1 aliphatic carbocycles. The lowest BCUT2D eigenvalue weighted by molar-refractivity contribution is -0.153. The van der Waals surface area contributed by atoms with Crippen molar-refractivity contribution in [1.82, 2.24) is 24.4 Å². The van der Waals surface area contributed by atoms with E-state index in [9.17, 15) is 14.7 Å². The van der Waals surface area contributed by atoms with Crippen molar-refractivity contribution in [2.75, 3.05) is 19.6 Å². The lowest BCUT2D eigenvalue weighted by atomic mass is 9.71. The number of piperazine rings is 1. The van der Waals surface area contributed by atoms with Crippen LogP contribution in [0, 0.1) is 12.8 Å². The maximum absolute atomic E-state index is 13.7. The van der Waals surface area contributed by atoms with Gasteiger partial charge in [-0.2, -0.15) is 5.10 Å². The summed E-state index contributed by atoms with van der Waals surface area (Å²) in [5.41, 5.74) is 3.86. The highest BCUT2D eigenvalue weighted by molar-refractivity contribution is 5.94.